The molecule has 3 nitrogen and oxygen atoms in total. The Labute approximate surface area is 112 Å². The quantitative estimate of drug-likeness (QED) is 0.840. The number of hydrogen-bond acceptors (Lipinski definition) is 2. The molecule has 0 saturated carbocycles. The van der Waals surface area contributed by atoms with Gasteiger partial charge in [0, 0.05) is 10.9 Å². The number of nitrogens with zero attached hydrogens (tertiary/aromatic N) is 3. The maximum absolute atomic E-state index is 6.03. The SMILES string of the molecule is CCc1nnc(Cl)n1-c1ccc(Br)c(Cl)c1. The van der Waals surface area contributed by atoms with E-state index in [2.05, 4.69) is 26.1 Å². The molecule has 2 rings (SSSR count). The molecule has 1 heterocycles. The van der Waals surface area contributed by atoms with Gasteiger partial charge in [0.15, 0.2) is 0 Å². The van der Waals surface area contributed by atoms with Gasteiger partial charge < -0.3 is 0 Å². The minimum absolute atomic E-state index is 0.343. The molecule has 1 aromatic heterocycles. The molecule has 16 heavy (non-hydrogen) atoms. The highest BCUT2D eigenvalue weighted by Crippen LogP contribution is 2.26. The molecule has 0 N–H and O–H groups in total. The van der Waals surface area contributed by atoms with E-state index in [1.54, 1.807) is 4.57 Å². The molecule has 0 bridgehead atoms. The topological polar surface area (TPSA) is 30.7 Å². The van der Waals surface area contributed by atoms with E-state index in [9.17, 15) is 0 Å². The first-order chi connectivity index (χ1) is 7.63. The van der Waals surface area contributed by atoms with Crippen LogP contribution in [0.1, 0.15) is 12.7 Å². The summed E-state index contributed by atoms with van der Waals surface area (Å²) >= 11 is 15.4. The molecule has 1 aromatic carbocycles. The van der Waals surface area contributed by atoms with Gasteiger partial charge in [0.2, 0.25) is 5.28 Å². The van der Waals surface area contributed by atoms with Crippen LogP contribution in [0.25, 0.3) is 5.69 Å². The van der Waals surface area contributed by atoms with Crippen molar-refractivity contribution in [3.8, 4) is 5.69 Å². The Bertz CT molecular complexity index is 525. The predicted molar refractivity (Wildman–Crippen MR) is 68.5 cm³/mol. The van der Waals surface area contributed by atoms with Gasteiger partial charge in [0.25, 0.3) is 0 Å². The van der Waals surface area contributed by atoms with E-state index in [1.165, 1.54) is 0 Å². The lowest BCUT2D eigenvalue weighted by Gasteiger charge is -2.07. The van der Waals surface area contributed by atoms with Gasteiger partial charge >= 0.3 is 0 Å². The second-order valence-electron chi connectivity index (χ2n) is 3.17. The van der Waals surface area contributed by atoms with E-state index < -0.39 is 0 Å². The third-order valence-corrected chi connectivity index (χ3v) is 3.65. The Balaban J connectivity index is 2.57. The highest BCUT2D eigenvalue weighted by Gasteiger charge is 2.11. The molecule has 0 fully saturated rings. The zero-order valence-electron chi connectivity index (χ0n) is 8.41. The zero-order valence-corrected chi connectivity index (χ0v) is 11.5. The van der Waals surface area contributed by atoms with Crippen LogP contribution in [0.5, 0.6) is 0 Å². The van der Waals surface area contributed by atoms with Crippen LogP contribution in [0.2, 0.25) is 10.3 Å². The number of hydrogen-bond donors (Lipinski definition) is 0. The second-order valence-corrected chi connectivity index (χ2v) is 4.77. The monoisotopic (exact) mass is 319 g/mol. The molecule has 6 heteroatoms. The molecular weight excluding hydrogens is 313 g/mol. The lowest BCUT2D eigenvalue weighted by atomic mass is 10.3. The van der Waals surface area contributed by atoms with Crippen molar-refractivity contribution in [2.24, 2.45) is 0 Å². The Morgan fingerprint density at radius 2 is 2.06 bits per heavy atom. The van der Waals surface area contributed by atoms with Crippen molar-refractivity contribution in [1.82, 2.24) is 14.8 Å². The summed E-state index contributed by atoms with van der Waals surface area (Å²) < 4.78 is 2.63. The first-order valence-corrected chi connectivity index (χ1v) is 6.23. The predicted octanol–water partition coefficient (Wildman–Crippen LogP) is 3.90. The van der Waals surface area contributed by atoms with E-state index in [-0.39, 0.29) is 0 Å². The zero-order chi connectivity index (χ0) is 11.7. The number of rotatable bonds is 2. The number of aryl methyl sites for hydroxylation is 1. The molecule has 0 radical (unpaired) electrons. The van der Waals surface area contributed by atoms with Crippen LogP contribution < -0.4 is 0 Å². The van der Waals surface area contributed by atoms with Gasteiger partial charge in [-0.05, 0) is 45.7 Å². The van der Waals surface area contributed by atoms with E-state index >= 15 is 0 Å². The summed E-state index contributed by atoms with van der Waals surface area (Å²) in [5.74, 6) is 0.809. The molecule has 0 aliphatic heterocycles. The normalized spacial score (nSPS) is 10.8. The smallest absolute Gasteiger partial charge is 0.229 e. The molecule has 84 valence electrons. The number of halogens is 3. The summed E-state index contributed by atoms with van der Waals surface area (Å²) in [4.78, 5) is 0. The Hall–Kier alpha value is -0.580. The molecule has 0 atom stereocenters. The van der Waals surface area contributed by atoms with Gasteiger partial charge in [-0.15, -0.1) is 10.2 Å². The average molecular weight is 321 g/mol. The second kappa shape index (κ2) is 4.73. The van der Waals surface area contributed by atoms with Gasteiger partial charge in [0.1, 0.15) is 5.82 Å². The van der Waals surface area contributed by atoms with Gasteiger partial charge in [-0.2, -0.15) is 0 Å². The first kappa shape index (κ1) is 11.9. The maximum Gasteiger partial charge on any atom is 0.229 e. The van der Waals surface area contributed by atoms with Crippen molar-refractivity contribution in [3.63, 3.8) is 0 Å². The van der Waals surface area contributed by atoms with E-state index in [4.69, 9.17) is 23.2 Å². The third kappa shape index (κ3) is 2.10. The molecule has 0 aliphatic carbocycles. The van der Waals surface area contributed by atoms with Gasteiger partial charge in [-0.25, -0.2) is 0 Å². The van der Waals surface area contributed by atoms with Crippen LogP contribution in [0.4, 0.5) is 0 Å². The molecule has 0 spiro atoms. The summed E-state index contributed by atoms with van der Waals surface area (Å²) in [5, 5.41) is 8.80. The van der Waals surface area contributed by atoms with Crippen molar-refractivity contribution >= 4 is 39.1 Å². The molecular formula is C10H8BrCl2N3. The highest BCUT2D eigenvalue weighted by atomic mass is 79.9. The van der Waals surface area contributed by atoms with Crippen LogP contribution in [-0.2, 0) is 6.42 Å². The van der Waals surface area contributed by atoms with E-state index in [1.807, 2.05) is 25.1 Å². The van der Waals surface area contributed by atoms with Crippen molar-refractivity contribution in [3.05, 3.63) is 38.8 Å². The van der Waals surface area contributed by atoms with Crippen molar-refractivity contribution in [2.45, 2.75) is 13.3 Å². The first-order valence-electron chi connectivity index (χ1n) is 4.68. The lowest BCUT2D eigenvalue weighted by Crippen LogP contribution is -2.00. The van der Waals surface area contributed by atoms with E-state index in [0.29, 0.717) is 10.3 Å². The van der Waals surface area contributed by atoms with Crippen molar-refractivity contribution < 1.29 is 0 Å². The minimum atomic E-state index is 0.343. The molecule has 0 aliphatic rings. The van der Waals surface area contributed by atoms with Crippen LogP contribution >= 0.6 is 39.1 Å². The van der Waals surface area contributed by atoms with Crippen LogP contribution in [0.15, 0.2) is 22.7 Å². The number of aromatic nitrogens is 3. The Kier molecular flexibility index (Phi) is 3.52. The summed E-state index contributed by atoms with van der Waals surface area (Å²) in [7, 11) is 0. The molecule has 0 saturated heterocycles. The summed E-state index contributed by atoms with van der Waals surface area (Å²) in [6.45, 7) is 2.00. The maximum atomic E-state index is 6.03. The third-order valence-electron chi connectivity index (χ3n) is 2.17. The largest absolute Gasteiger partial charge is 0.270 e. The van der Waals surface area contributed by atoms with Crippen LogP contribution in [0, 0.1) is 0 Å². The van der Waals surface area contributed by atoms with Gasteiger partial charge in [-0.1, -0.05) is 18.5 Å². The molecule has 0 amide bonds. The van der Waals surface area contributed by atoms with E-state index in [0.717, 1.165) is 22.4 Å². The van der Waals surface area contributed by atoms with Crippen molar-refractivity contribution in [2.75, 3.05) is 0 Å². The minimum Gasteiger partial charge on any atom is -0.270 e. The van der Waals surface area contributed by atoms with Crippen molar-refractivity contribution in [1.29, 1.82) is 0 Å². The Morgan fingerprint density at radius 3 is 2.69 bits per heavy atom. The molecule has 2 aromatic rings. The molecule has 0 unspecified atom stereocenters. The van der Waals surface area contributed by atoms with Crippen LogP contribution in [0.3, 0.4) is 0 Å². The summed E-state index contributed by atoms with van der Waals surface area (Å²) in [6.07, 6.45) is 0.757. The van der Waals surface area contributed by atoms with Gasteiger partial charge in [0.05, 0.1) is 10.7 Å². The Morgan fingerprint density at radius 1 is 1.31 bits per heavy atom. The van der Waals surface area contributed by atoms with Gasteiger partial charge in [-0.3, -0.25) is 4.57 Å². The summed E-state index contributed by atoms with van der Waals surface area (Å²) in [6, 6.07) is 5.60. The highest BCUT2D eigenvalue weighted by molar-refractivity contribution is 9.10. The number of benzene rings is 1. The fourth-order valence-corrected chi connectivity index (χ4v) is 2.06. The fraction of sp³-hybridized carbons (Fsp3) is 0.200. The lowest BCUT2D eigenvalue weighted by molar-refractivity contribution is 0.883. The standard InChI is InChI=1S/C10H8BrCl2N3/c1-2-9-14-15-10(13)16(9)6-3-4-7(11)8(12)5-6/h3-5H,2H2,1H3. The summed E-state index contributed by atoms with van der Waals surface area (Å²) in [5.41, 5.74) is 0.861. The van der Waals surface area contributed by atoms with Crippen LogP contribution in [-0.4, -0.2) is 14.8 Å². The average Bonchev–Trinajstić information content (AvgIpc) is 2.64. The fourth-order valence-electron chi connectivity index (χ4n) is 1.40.